The molecule has 4 nitrogen and oxygen atoms in total. The Labute approximate surface area is 181 Å². The van der Waals surface area contributed by atoms with Crippen LogP contribution in [0, 0.1) is 4.77 Å². The van der Waals surface area contributed by atoms with E-state index in [0.29, 0.717) is 6.04 Å². The first kappa shape index (κ1) is 19.1. The van der Waals surface area contributed by atoms with Gasteiger partial charge in [-0.25, -0.2) is 0 Å². The van der Waals surface area contributed by atoms with E-state index in [2.05, 4.69) is 56.9 Å². The van der Waals surface area contributed by atoms with Crippen LogP contribution in [0.15, 0.2) is 78.9 Å². The van der Waals surface area contributed by atoms with E-state index in [9.17, 15) is 0 Å². The molecule has 1 fully saturated rings. The van der Waals surface area contributed by atoms with Crippen LogP contribution in [0.25, 0.3) is 11.0 Å². The molecule has 3 aromatic carbocycles. The summed E-state index contributed by atoms with van der Waals surface area (Å²) in [5.74, 6) is 1.75. The van der Waals surface area contributed by atoms with E-state index >= 15 is 0 Å². The maximum atomic E-state index is 5.99. The number of nitrogens with zero attached hydrogens (tertiary/aromatic N) is 2. The zero-order chi connectivity index (χ0) is 20.3. The molecule has 1 aliphatic rings. The number of piperidine rings is 1. The monoisotopic (exact) mass is 415 g/mol. The van der Waals surface area contributed by atoms with Gasteiger partial charge in [0.2, 0.25) is 0 Å². The number of H-pyrrole nitrogens is 1. The van der Waals surface area contributed by atoms with Gasteiger partial charge in [-0.1, -0.05) is 42.5 Å². The molecule has 0 spiro atoms. The van der Waals surface area contributed by atoms with Crippen molar-refractivity contribution in [1.82, 2.24) is 14.5 Å². The molecule has 0 atom stereocenters. The van der Waals surface area contributed by atoms with Crippen LogP contribution in [0.4, 0.5) is 0 Å². The number of hydrogen-bond acceptors (Lipinski definition) is 3. The Bertz CT molecular complexity index is 1190. The zero-order valence-electron chi connectivity index (χ0n) is 16.8. The first-order valence-corrected chi connectivity index (χ1v) is 10.9. The molecule has 2 heterocycles. The normalized spacial score (nSPS) is 15.5. The van der Waals surface area contributed by atoms with Crippen LogP contribution in [-0.4, -0.2) is 27.5 Å². The van der Waals surface area contributed by atoms with Crippen molar-refractivity contribution in [3.8, 4) is 11.5 Å². The minimum absolute atomic E-state index is 0.456. The molecule has 4 aromatic rings. The molecule has 5 heteroatoms. The van der Waals surface area contributed by atoms with E-state index in [1.54, 1.807) is 0 Å². The standard InChI is InChI=1S/C25H25N3OS/c30-25-26-23-11-4-5-12-24(23)28(25)20-13-15-27(16-14-20)18-19-7-6-10-22(17-19)29-21-8-2-1-3-9-21/h1-12,17,20H,13-16,18H2,(H,26,30). The smallest absolute Gasteiger partial charge is 0.178 e. The van der Waals surface area contributed by atoms with Crippen molar-refractivity contribution in [2.75, 3.05) is 13.1 Å². The van der Waals surface area contributed by atoms with Gasteiger partial charge in [-0.2, -0.15) is 0 Å². The molecule has 1 saturated heterocycles. The Kier molecular flexibility index (Phi) is 5.39. The highest BCUT2D eigenvalue weighted by atomic mass is 32.1. The third-order valence-corrected chi connectivity index (χ3v) is 6.13. The highest BCUT2D eigenvalue weighted by Crippen LogP contribution is 2.29. The van der Waals surface area contributed by atoms with Gasteiger partial charge in [-0.05, 0) is 67.0 Å². The predicted molar refractivity (Wildman–Crippen MR) is 124 cm³/mol. The summed E-state index contributed by atoms with van der Waals surface area (Å²) in [7, 11) is 0. The number of likely N-dealkylation sites (tertiary alicyclic amines) is 1. The molecule has 0 radical (unpaired) electrons. The van der Waals surface area contributed by atoms with Gasteiger partial charge in [0.05, 0.1) is 11.0 Å². The molecule has 0 unspecified atom stereocenters. The molecule has 0 amide bonds. The minimum Gasteiger partial charge on any atom is -0.457 e. The maximum Gasteiger partial charge on any atom is 0.178 e. The Morgan fingerprint density at radius 1 is 0.867 bits per heavy atom. The summed E-state index contributed by atoms with van der Waals surface area (Å²) in [4.78, 5) is 5.88. The summed E-state index contributed by atoms with van der Waals surface area (Å²) >= 11 is 5.62. The van der Waals surface area contributed by atoms with Gasteiger partial charge in [-0.3, -0.25) is 4.90 Å². The molecule has 152 valence electrons. The van der Waals surface area contributed by atoms with Gasteiger partial charge in [0.1, 0.15) is 11.5 Å². The number of hydrogen-bond donors (Lipinski definition) is 1. The number of nitrogens with one attached hydrogen (secondary N) is 1. The molecular formula is C25H25N3OS. The number of aromatic nitrogens is 2. The van der Waals surface area contributed by atoms with Gasteiger partial charge in [-0.15, -0.1) is 0 Å². The average molecular weight is 416 g/mol. The fourth-order valence-electron chi connectivity index (χ4n) is 4.36. The van der Waals surface area contributed by atoms with E-state index in [1.807, 2.05) is 36.4 Å². The Balaban J connectivity index is 1.24. The summed E-state index contributed by atoms with van der Waals surface area (Å²) in [6.07, 6.45) is 2.22. The number of rotatable bonds is 5. The second kappa shape index (κ2) is 8.46. The molecule has 0 aliphatic carbocycles. The number of fused-ring (bicyclic) bond motifs is 1. The summed E-state index contributed by atoms with van der Waals surface area (Å²) in [5.41, 5.74) is 3.62. The molecule has 5 rings (SSSR count). The third kappa shape index (κ3) is 4.04. The summed E-state index contributed by atoms with van der Waals surface area (Å²) in [5, 5.41) is 0. The van der Waals surface area contributed by atoms with Gasteiger partial charge < -0.3 is 14.3 Å². The molecule has 1 N–H and O–H groups in total. The van der Waals surface area contributed by atoms with Gasteiger partial charge in [0, 0.05) is 25.7 Å². The van der Waals surface area contributed by atoms with E-state index in [0.717, 1.165) is 54.3 Å². The molecule has 30 heavy (non-hydrogen) atoms. The Hall–Kier alpha value is -2.89. The van der Waals surface area contributed by atoms with Crippen molar-refractivity contribution in [3.63, 3.8) is 0 Å². The summed E-state index contributed by atoms with van der Waals surface area (Å²) in [6, 6.07) is 27.2. The average Bonchev–Trinajstić information content (AvgIpc) is 3.11. The number of para-hydroxylation sites is 3. The Morgan fingerprint density at radius 3 is 2.43 bits per heavy atom. The number of benzene rings is 3. The van der Waals surface area contributed by atoms with Crippen LogP contribution in [0.1, 0.15) is 24.4 Å². The largest absolute Gasteiger partial charge is 0.457 e. The van der Waals surface area contributed by atoms with Crippen LogP contribution in [0.2, 0.25) is 0 Å². The van der Waals surface area contributed by atoms with E-state index in [4.69, 9.17) is 17.0 Å². The molecular weight excluding hydrogens is 390 g/mol. The predicted octanol–water partition coefficient (Wildman–Crippen LogP) is 6.33. The van der Waals surface area contributed by atoms with Crippen molar-refractivity contribution < 1.29 is 4.74 Å². The first-order chi connectivity index (χ1) is 14.8. The van der Waals surface area contributed by atoms with Gasteiger partial charge in [0.25, 0.3) is 0 Å². The number of ether oxygens (including phenoxy) is 1. The molecule has 0 bridgehead atoms. The van der Waals surface area contributed by atoms with E-state index in [1.165, 1.54) is 11.1 Å². The Morgan fingerprint density at radius 2 is 1.60 bits per heavy atom. The first-order valence-electron chi connectivity index (χ1n) is 10.5. The quantitative estimate of drug-likeness (QED) is 0.387. The highest BCUT2D eigenvalue weighted by Gasteiger charge is 2.22. The van der Waals surface area contributed by atoms with Gasteiger partial charge in [0.15, 0.2) is 4.77 Å². The fraction of sp³-hybridized carbons (Fsp3) is 0.240. The van der Waals surface area contributed by atoms with E-state index < -0.39 is 0 Å². The van der Waals surface area contributed by atoms with Crippen molar-refractivity contribution in [2.24, 2.45) is 0 Å². The fourth-order valence-corrected chi connectivity index (χ4v) is 4.72. The van der Waals surface area contributed by atoms with Crippen molar-refractivity contribution >= 4 is 23.3 Å². The zero-order valence-corrected chi connectivity index (χ0v) is 17.6. The van der Waals surface area contributed by atoms with Crippen LogP contribution >= 0.6 is 12.2 Å². The lowest BCUT2D eigenvalue weighted by Crippen LogP contribution is -2.34. The van der Waals surface area contributed by atoms with E-state index in [-0.39, 0.29) is 0 Å². The van der Waals surface area contributed by atoms with Crippen molar-refractivity contribution in [2.45, 2.75) is 25.4 Å². The van der Waals surface area contributed by atoms with Crippen molar-refractivity contribution in [1.29, 1.82) is 0 Å². The van der Waals surface area contributed by atoms with Crippen LogP contribution in [-0.2, 0) is 6.54 Å². The molecule has 0 saturated carbocycles. The van der Waals surface area contributed by atoms with Crippen molar-refractivity contribution in [3.05, 3.63) is 89.2 Å². The van der Waals surface area contributed by atoms with Crippen LogP contribution in [0.5, 0.6) is 11.5 Å². The third-order valence-electron chi connectivity index (χ3n) is 5.83. The second-order valence-corrected chi connectivity index (χ2v) is 8.27. The number of imidazole rings is 1. The SMILES string of the molecule is S=c1[nH]c2ccccc2n1C1CCN(Cc2cccc(Oc3ccccc3)c2)CC1. The molecule has 1 aliphatic heterocycles. The second-order valence-electron chi connectivity index (χ2n) is 7.89. The highest BCUT2D eigenvalue weighted by molar-refractivity contribution is 7.71. The summed E-state index contributed by atoms with van der Waals surface area (Å²) in [6.45, 7) is 3.07. The lowest BCUT2D eigenvalue weighted by atomic mass is 10.0. The lowest BCUT2D eigenvalue weighted by Gasteiger charge is -2.33. The maximum absolute atomic E-state index is 5.99. The van der Waals surface area contributed by atoms with Crippen LogP contribution < -0.4 is 4.74 Å². The summed E-state index contributed by atoms with van der Waals surface area (Å²) < 4.78 is 9.14. The number of aromatic amines is 1. The minimum atomic E-state index is 0.456. The molecule has 1 aromatic heterocycles. The lowest BCUT2D eigenvalue weighted by molar-refractivity contribution is 0.180. The topological polar surface area (TPSA) is 33.2 Å². The van der Waals surface area contributed by atoms with Crippen LogP contribution in [0.3, 0.4) is 0 Å². The van der Waals surface area contributed by atoms with Gasteiger partial charge >= 0.3 is 0 Å².